The van der Waals surface area contributed by atoms with Gasteiger partial charge in [-0.15, -0.1) is 0 Å². The lowest BCUT2D eigenvalue weighted by molar-refractivity contribution is 0.0958. The first-order valence-electron chi connectivity index (χ1n) is 5.80. The van der Waals surface area contributed by atoms with Gasteiger partial charge in [0.2, 0.25) is 0 Å². The second kappa shape index (κ2) is 6.16. The van der Waals surface area contributed by atoms with Gasteiger partial charge in [-0.1, -0.05) is 23.5 Å². The Bertz CT molecular complexity index is 652. The summed E-state index contributed by atoms with van der Waals surface area (Å²) in [5.74, 6) is 0.405. The number of aryl methyl sites for hydroxylation is 1. The predicted octanol–water partition coefficient (Wildman–Crippen LogP) is 1.81. The van der Waals surface area contributed by atoms with Gasteiger partial charge in [-0.2, -0.15) is 5.10 Å². The lowest BCUT2D eigenvalue weighted by atomic mass is 10.2. The maximum atomic E-state index is 11.9. The molecule has 7 heteroatoms. The minimum atomic E-state index is -0.323. The van der Waals surface area contributed by atoms with Crippen LogP contribution in [0, 0.1) is 6.92 Å². The number of nitrogens with zero attached hydrogens (tertiary/aromatic N) is 2. The van der Waals surface area contributed by atoms with Gasteiger partial charge in [0.25, 0.3) is 5.91 Å². The van der Waals surface area contributed by atoms with Gasteiger partial charge in [0, 0.05) is 0 Å². The number of anilines is 1. The van der Waals surface area contributed by atoms with E-state index in [0.717, 1.165) is 22.6 Å². The summed E-state index contributed by atoms with van der Waals surface area (Å²) in [5, 5.41) is 4.27. The Morgan fingerprint density at radius 1 is 1.55 bits per heavy atom. The van der Waals surface area contributed by atoms with Gasteiger partial charge in [-0.25, -0.2) is 10.4 Å². The summed E-state index contributed by atoms with van der Waals surface area (Å²) < 4.78 is 5.10. The van der Waals surface area contributed by atoms with E-state index in [1.165, 1.54) is 0 Å². The van der Waals surface area contributed by atoms with Crippen molar-refractivity contribution >= 4 is 28.6 Å². The van der Waals surface area contributed by atoms with Crippen molar-refractivity contribution < 1.29 is 9.53 Å². The SMILES string of the molecule is COc1cccc(C=NNC(=O)c2sc(N)nc2C)c1. The zero-order valence-electron chi connectivity index (χ0n) is 11.1. The van der Waals surface area contributed by atoms with E-state index in [1.54, 1.807) is 20.2 Å². The molecular formula is C13H14N4O2S. The van der Waals surface area contributed by atoms with E-state index in [9.17, 15) is 4.79 Å². The topological polar surface area (TPSA) is 89.6 Å². The highest BCUT2D eigenvalue weighted by Gasteiger charge is 2.13. The second-order valence-corrected chi connectivity index (χ2v) is 4.97. The zero-order valence-corrected chi connectivity index (χ0v) is 11.9. The number of hydrazone groups is 1. The third-order valence-corrected chi connectivity index (χ3v) is 3.48. The van der Waals surface area contributed by atoms with E-state index in [4.69, 9.17) is 10.5 Å². The van der Waals surface area contributed by atoms with Crippen LogP contribution in [0.1, 0.15) is 20.9 Å². The maximum Gasteiger partial charge on any atom is 0.283 e. The van der Waals surface area contributed by atoms with Gasteiger partial charge in [0.05, 0.1) is 19.0 Å². The van der Waals surface area contributed by atoms with Crippen LogP contribution in [0.4, 0.5) is 5.13 Å². The van der Waals surface area contributed by atoms with Crippen molar-refractivity contribution in [1.29, 1.82) is 0 Å². The first-order valence-corrected chi connectivity index (χ1v) is 6.62. The van der Waals surface area contributed by atoms with Crippen LogP contribution < -0.4 is 15.9 Å². The molecule has 0 saturated heterocycles. The van der Waals surface area contributed by atoms with Crippen LogP contribution >= 0.6 is 11.3 Å². The molecule has 20 heavy (non-hydrogen) atoms. The highest BCUT2D eigenvalue weighted by molar-refractivity contribution is 7.17. The average molecular weight is 290 g/mol. The molecule has 0 atom stereocenters. The molecule has 0 radical (unpaired) electrons. The first-order chi connectivity index (χ1) is 9.60. The fraction of sp³-hybridized carbons (Fsp3) is 0.154. The van der Waals surface area contributed by atoms with E-state index >= 15 is 0 Å². The van der Waals surface area contributed by atoms with Gasteiger partial charge in [-0.05, 0) is 24.6 Å². The lowest BCUT2D eigenvalue weighted by Gasteiger charge is -2.00. The number of nitrogens with two attached hydrogens (primary N) is 1. The molecule has 1 heterocycles. The molecule has 0 aliphatic rings. The molecule has 2 rings (SSSR count). The number of thiazole rings is 1. The van der Waals surface area contributed by atoms with Crippen molar-refractivity contribution in [2.45, 2.75) is 6.92 Å². The Labute approximate surface area is 120 Å². The zero-order chi connectivity index (χ0) is 14.5. The maximum absolute atomic E-state index is 11.9. The standard InChI is InChI=1S/C13H14N4O2S/c1-8-11(20-13(14)16-8)12(18)17-15-7-9-4-3-5-10(6-9)19-2/h3-7H,1-2H3,(H2,14,16)(H,17,18). The van der Waals surface area contributed by atoms with Gasteiger partial charge in [0.1, 0.15) is 10.6 Å². The van der Waals surface area contributed by atoms with Crippen LogP contribution in [0.25, 0.3) is 0 Å². The number of hydrogen-bond acceptors (Lipinski definition) is 6. The summed E-state index contributed by atoms with van der Waals surface area (Å²) in [7, 11) is 1.59. The van der Waals surface area contributed by atoms with Crippen LogP contribution in [0.2, 0.25) is 0 Å². The molecule has 1 aromatic carbocycles. The molecule has 0 spiro atoms. The number of rotatable bonds is 4. The smallest absolute Gasteiger partial charge is 0.283 e. The number of carbonyl (C=O) groups excluding carboxylic acids is 1. The molecule has 0 aliphatic carbocycles. The summed E-state index contributed by atoms with van der Waals surface area (Å²) in [5.41, 5.74) is 9.41. The van der Waals surface area contributed by atoms with E-state index in [-0.39, 0.29) is 5.91 Å². The minimum Gasteiger partial charge on any atom is -0.497 e. The summed E-state index contributed by atoms with van der Waals surface area (Å²) in [6.45, 7) is 1.73. The Hall–Kier alpha value is -2.41. The summed E-state index contributed by atoms with van der Waals surface area (Å²) in [4.78, 5) is 16.3. The summed E-state index contributed by atoms with van der Waals surface area (Å²) >= 11 is 1.14. The van der Waals surface area contributed by atoms with Gasteiger partial charge >= 0.3 is 0 Å². The number of carbonyl (C=O) groups is 1. The third-order valence-electron chi connectivity index (χ3n) is 2.49. The molecule has 0 bridgehead atoms. The molecule has 0 fully saturated rings. The molecule has 104 valence electrons. The Kier molecular flexibility index (Phi) is 4.31. The van der Waals surface area contributed by atoms with E-state index in [0.29, 0.717) is 15.7 Å². The fourth-order valence-corrected chi connectivity index (χ4v) is 2.29. The molecule has 0 aliphatic heterocycles. The van der Waals surface area contributed by atoms with Gasteiger partial charge < -0.3 is 10.5 Å². The van der Waals surface area contributed by atoms with E-state index in [1.807, 2.05) is 24.3 Å². The van der Waals surface area contributed by atoms with Crippen molar-refractivity contribution in [3.8, 4) is 5.75 Å². The molecule has 0 unspecified atom stereocenters. The number of ether oxygens (including phenoxy) is 1. The Morgan fingerprint density at radius 3 is 3.00 bits per heavy atom. The third kappa shape index (κ3) is 3.33. The minimum absolute atomic E-state index is 0.323. The van der Waals surface area contributed by atoms with Crippen LogP contribution in [0.3, 0.4) is 0 Å². The molecule has 6 nitrogen and oxygen atoms in total. The molecular weight excluding hydrogens is 276 g/mol. The van der Waals surface area contributed by atoms with Gasteiger partial charge in [0.15, 0.2) is 5.13 Å². The second-order valence-electron chi connectivity index (χ2n) is 3.94. The number of benzene rings is 1. The Balaban J connectivity index is 2.02. The molecule has 1 aromatic heterocycles. The molecule has 0 saturated carbocycles. The van der Waals surface area contributed by atoms with Crippen molar-refractivity contribution in [3.05, 3.63) is 40.4 Å². The molecule has 2 aromatic rings. The van der Waals surface area contributed by atoms with Crippen LogP contribution in [0.15, 0.2) is 29.4 Å². The van der Waals surface area contributed by atoms with Crippen molar-refractivity contribution in [2.24, 2.45) is 5.10 Å². The van der Waals surface area contributed by atoms with Crippen molar-refractivity contribution in [1.82, 2.24) is 10.4 Å². The number of methoxy groups -OCH3 is 1. The largest absolute Gasteiger partial charge is 0.497 e. The Morgan fingerprint density at radius 2 is 2.35 bits per heavy atom. The number of amides is 1. The van der Waals surface area contributed by atoms with Crippen LogP contribution in [0.5, 0.6) is 5.75 Å². The quantitative estimate of drug-likeness (QED) is 0.663. The number of hydrogen-bond donors (Lipinski definition) is 2. The van der Waals surface area contributed by atoms with Crippen LogP contribution in [-0.4, -0.2) is 24.2 Å². The molecule has 3 N–H and O–H groups in total. The first kappa shape index (κ1) is 14.0. The van der Waals surface area contributed by atoms with E-state index < -0.39 is 0 Å². The number of aromatic nitrogens is 1. The van der Waals surface area contributed by atoms with E-state index in [2.05, 4.69) is 15.5 Å². The van der Waals surface area contributed by atoms with Crippen molar-refractivity contribution in [3.63, 3.8) is 0 Å². The average Bonchev–Trinajstić information content (AvgIpc) is 2.78. The highest BCUT2D eigenvalue weighted by Crippen LogP contribution is 2.19. The lowest BCUT2D eigenvalue weighted by Crippen LogP contribution is -2.17. The van der Waals surface area contributed by atoms with Crippen molar-refractivity contribution in [2.75, 3.05) is 12.8 Å². The fourth-order valence-electron chi connectivity index (χ4n) is 1.57. The number of nitrogens with one attached hydrogen (secondary N) is 1. The summed E-state index contributed by atoms with van der Waals surface area (Å²) in [6, 6.07) is 7.34. The molecule has 1 amide bonds. The number of nitrogen functional groups attached to an aromatic ring is 1. The normalized spacial score (nSPS) is 10.7. The summed E-state index contributed by atoms with van der Waals surface area (Å²) in [6.07, 6.45) is 1.54. The van der Waals surface area contributed by atoms with Gasteiger partial charge in [-0.3, -0.25) is 4.79 Å². The monoisotopic (exact) mass is 290 g/mol. The predicted molar refractivity (Wildman–Crippen MR) is 79.3 cm³/mol. The highest BCUT2D eigenvalue weighted by atomic mass is 32.1. The van der Waals surface area contributed by atoms with Crippen LogP contribution in [-0.2, 0) is 0 Å².